The zero-order chi connectivity index (χ0) is 15.4. The van der Waals surface area contributed by atoms with Crippen molar-refractivity contribution in [2.45, 2.75) is 26.8 Å². The summed E-state index contributed by atoms with van der Waals surface area (Å²) < 4.78 is 8.84. The van der Waals surface area contributed by atoms with E-state index in [1.807, 2.05) is 42.8 Å². The van der Waals surface area contributed by atoms with Crippen LogP contribution in [0, 0.1) is 13.8 Å². The first kappa shape index (κ1) is 16.0. The van der Waals surface area contributed by atoms with Gasteiger partial charge in [-0.2, -0.15) is 5.10 Å². The maximum atomic E-state index is 5.78. The summed E-state index contributed by atoms with van der Waals surface area (Å²) in [7, 11) is 0. The van der Waals surface area contributed by atoms with Crippen LogP contribution in [0.4, 0.5) is 0 Å². The van der Waals surface area contributed by atoms with Crippen LogP contribution in [0.1, 0.15) is 23.4 Å². The van der Waals surface area contributed by atoms with Crippen molar-refractivity contribution >= 4 is 33.1 Å². The Morgan fingerprint density at radius 1 is 1.38 bits per heavy atom. The fourth-order valence-electron chi connectivity index (χ4n) is 2.09. The minimum atomic E-state index is 0.355. The van der Waals surface area contributed by atoms with Crippen LogP contribution in [0.2, 0.25) is 0 Å². The SMILES string of the molecule is Cc1nn(CCCOc2ccccc2C(N)=S)c(C)c1Br. The molecule has 0 aliphatic heterocycles. The molecule has 2 aromatic rings. The average Bonchev–Trinajstić information content (AvgIpc) is 2.71. The minimum Gasteiger partial charge on any atom is -0.493 e. The van der Waals surface area contributed by atoms with E-state index in [0.717, 1.165) is 40.1 Å². The number of aryl methyl sites for hydroxylation is 2. The van der Waals surface area contributed by atoms with Crippen LogP contribution in [0.5, 0.6) is 5.75 Å². The molecule has 21 heavy (non-hydrogen) atoms. The van der Waals surface area contributed by atoms with E-state index in [1.165, 1.54) is 0 Å². The van der Waals surface area contributed by atoms with E-state index >= 15 is 0 Å². The number of ether oxygens (including phenoxy) is 1. The summed E-state index contributed by atoms with van der Waals surface area (Å²) in [4.78, 5) is 0.355. The molecular weight excluding hydrogens is 350 g/mol. The zero-order valence-corrected chi connectivity index (χ0v) is 14.5. The number of nitrogens with two attached hydrogens (primary N) is 1. The molecule has 0 unspecified atom stereocenters. The Bertz CT molecular complexity index is 654. The van der Waals surface area contributed by atoms with E-state index in [0.29, 0.717) is 11.6 Å². The van der Waals surface area contributed by atoms with Crippen LogP contribution in [0.15, 0.2) is 28.7 Å². The number of para-hydroxylation sites is 1. The second-order valence-electron chi connectivity index (χ2n) is 4.77. The second kappa shape index (κ2) is 7.04. The highest BCUT2D eigenvalue weighted by Crippen LogP contribution is 2.20. The van der Waals surface area contributed by atoms with Gasteiger partial charge >= 0.3 is 0 Å². The minimum absolute atomic E-state index is 0.355. The van der Waals surface area contributed by atoms with Crippen LogP contribution in [-0.2, 0) is 6.54 Å². The predicted octanol–water partition coefficient (Wildman–Crippen LogP) is 3.37. The molecule has 0 aliphatic carbocycles. The first-order chi connectivity index (χ1) is 10.0. The van der Waals surface area contributed by atoms with E-state index in [-0.39, 0.29) is 0 Å². The normalized spacial score (nSPS) is 10.6. The summed E-state index contributed by atoms with van der Waals surface area (Å²) in [5.74, 6) is 0.736. The fraction of sp³-hybridized carbons (Fsp3) is 0.333. The molecule has 1 heterocycles. The topological polar surface area (TPSA) is 53.1 Å². The van der Waals surface area contributed by atoms with Crippen molar-refractivity contribution in [2.75, 3.05) is 6.61 Å². The maximum Gasteiger partial charge on any atom is 0.129 e. The highest BCUT2D eigenvalue weighted by atomic mass is 79.9. The maximum absolute atomic E-state index is 5.78. The van der Waals surface area contributed by atoms with Gasteiger partial charge in [0.1, 0.15) is 10.7 Å². The number of aromatic nitrogens is 2. The molecule has 6 heteroatoms. The molecular formula is C15H18BrN3OS. The Morgan fingerprint density at radius 2 is 2.10 bits per heavy atom. The van der Waals surface area contributed by atoms with Gasteiger partial charge in [0, 0.05) is 18.7 Å². The zero-order valence-electron chi connectivity index (χ0n) is 12.1. The summed E-state index contributed by atoms with van der Waals surface area (Å²) in [5.41, 5.74) is 8.60. The quantitative estimate of drug-likeness (QED) is 0.628. The third kappa shape index (κ3) is 3.83. The van der Waals surface area contributed by atoms with Gasteiger partial charge < -0.3 is 10.5 Å². The van der Waals surface area contributed by atoms with E-state index in [9.17, 15) is 0 Å². The van der Waals surface area contributed by atoms with E-state index in [2.05, 4.69) is 21.0 Å². The summed E-state index contributed by atoms with van der Waals surface area (Å²) in [6.07, 6.45) is 0.861. The van der Waals surface area contributed by atoms with Gasteiger partial charge in [0.25, 0.3) is 0 Å². The highest BCUT2D eigenvalue weighted by Gasteiger charge is 2.09. The van der Waals surface area contributed by atoms with Gasteiger partial charge in [0.05, 0.1) is 22.3 Å². The first-order valence-electron chi connectivity index (χ1n) is 6.72. The Balaban J connectivity index is 1.91. The van der Waals surface area contributed by atoms with E-state index in [1.54, 1.807) is 0 Å². The summed E-state index contributed by atoms with van der Waals surface area (Å²) in [6.45, 7) is 5.44. The molecule has 0 atom stereocenters. The van der Waals surface area contributed by atoms with Crippen molar-refractivity contribution in [3.63, 3.8) is 0 Å². The number of hydrogen-bond acceptors (Lipinski definition) is 3. The van der Waals surface area contributed by atoms with Gasteiger partial charge in [-0.3, -0.25) is 4.68 Å². The standard InChI is InChI=1S/C15H18BrN3OS/c1-10-14(16)11(2)19(18-10)8-5-9-20-13-7-4-3-6-12(13)15(17)21/h3-4,6-7H,5,8-9H2,1-2H3,(H2,17,21). The monoisotopic (exact) mass is 367 g/mol. The largest absolute Gasteiger partial charge is 0.493 e. The third-order valence-electron chi connectivity index (χ3n) is 3.22. The highest BCUT2D eigenvalue weighted by molar-refractivity contribution is 9.10. The molecule has 2 rings (SSSR count). The molecule has 2 N–H and O–H groups in total. The van der Waals surface area contributed by atoms with Crippen molar-refractivity contribution in [1.29, 1.82) is 0 Å². The molecule has 4 nitrogen and oxygen atoms in total. The summed E-state index contributed by atoms with van der Waals surface area (Å²) >= 11 is 8.55. The van der Waals surface area contributed by atoms with Crippen molar-refractivity contribution in [3.8, 4) is 5.75 Å². The van der Waals surface area contributed by atoms with Crippen LogP contribution in [0.3, 0.4) is 0 Å². The molecule has 0 fully saturated rings. The van der Waals surface area contributed by atoms with Gasteiger partial charge in [0.15, 0.2) is 0 Å². The Labute approximate surface area is 138 Å². The average molecular weight is 368 g/mol. The lowest BCUT2D eigenvalue weighted by Crippen LogP contribution is -2.13. The van der Waals surface area contributed by atoms with Crippen LogP contribution < -0.4 is 10.5 Å². The lowest BCUT2D eigenvalue weighted by Gasteiger charge is -2.10. The van der Waals surface area contributed by atoms with E-state index < -0.39 is 0 Å². The molecule has 0 saturated carbocycles. The van der Waals surface area contributed by atoms with Crippen molar-refractivity contribution < 1.29 is 4.74 Å². The van der Waals surface area contributed by atoms with Gasteiger partial charge in [0.2, 0.25) is 0 Å². The lowest BCUT2D eigenvalue weighted by molar-refractivity contribution is 0.297. The van der Waals surface area contributed by atoms with Gasteiger partial charge in [-0.05, 0) is 41.9 Å². The Morgan fingerprint density at radius 3 is 2.71 bits per heavy atom. The van der Waals surface area contributed by atoms with Crippen LogP contribution in [0.25, 0.3) is 0 Å². The summed E-state index contributed by atoms with van der Waals surface area (Å²) in [6, 6.07) is 7.56. The molecule has 0 spiro atoms. The molecule has 0 amide bonds. The molecule has 0 saturated heterocycles. The van der Waals surface area contributed by atoms with Crippen molar-refractivity contribution in [2.24, 2.45) is 5.73 Å². The lowest BCUT2D eigenvalue weighted by atomic mass is 10.2. The van der Waals surface area contributed by atoms with Gasteiger partial charge in [-0.25, -0.2) is 0 Å². The smallest absolute Gasteiger partial charge is 0.129 e. The molecule has 1 aromatic carbocycles. The number of nitrogens with zero attached hydrogens (tertiary/aromatic N) is 2. The number of rotatable bonds is 6. The number of halogens is 1. The second-order valence-corrected chi connectivity index (χ2v) is 6.00. The molecule has 1 aromatic heterocycles. The Kier molecular flexibility index (Phi) is 5.36. The van der Waals surface area contributed by atoms with E-state index in [4.69, 9.17) is 22.7 Å². The third-order valence-corrected chi connectivity index (χ3v) is 4.59. The molecule has 0 radical (unpaired) electrons. The van der Waals surface area contributed by atoms with Gasteiger partial charge in [-0.15, -0.1) is 0 Å². The number of thiocarbonyl (C=S) groups is 1. The molecule has 0 bridgehead atoms. The Hall–Kier alpha value is -1.40. The van der Waals surface area contributed by atoms with Crippen LogP contribution >= 0.6 is 28.1 Å². The van der Waals surface area contributed by atoms with Gasteiger partial charge in [-0.1, -0.05) is 24.4 Å². The molecule has 0 aliphatic rings. The summed E-state index contributed by atoms with van der Waals surface area (Å²) in [5, 5.41) is 4.47. The number of hydrogen-bond donors (Lipinski definition) is 1. The van der Waals surface area contributed by atoms with Crippen molar-refractivity contribution in [3.05, 3.63) is 45.7 Å². The van der Waals surface area contributed by atoms with Crippen LogP contribution in [-0.4, -0.2) is 21.4 Å². The first-order valence-corrected chi connectivity index (χ1v) is 7.92. The fourth-order valence-corrected chi connectivity index (χ4v) is 2.54. The van der Waals surface area contributed by atoms with Crippen molar-refractivity contribution in [1.82, 2.24) is 9.78 Å². The predicted molar refractivity (Wildman–Crippen MR) is 91.8 cm³/mol. The number of benzene rings is 1. The molecule has 112 valence electrons.